The number of hydrogen-bond acceptors (Lipinski definition) is 4. The van der Waals surface area contributed by atoms with Gasteiger partial charge in [-0.3, -0.25) is 9.58 Å². The van der Waals surface area contributed by atoms with Crippen molar-refractivity contribution in [3.05, 3.63) is 18.0 Å². The molecule has 1 aliphatic heterocycles. The quantitative estimate of drug-likeness (QED) is 0.882. The molecular weight excluding hydrogens is 232 g/mol. The van der Waals surface area contributed by atoms with Crippen molar-refractivity contribution in [2.75, 3.05) is 18.8 Å². The largest absolute Gasteiger partial charge is 0.326 e. The molecule has 2 rings (SSSR count). The topological polar surface area (TPSA) is 47.1 Å². The van der Waals surface area contributed by atoms with Crippen LogP contribution in [0.2, 0.25) is 0 Å². The fraction of sp³-hybridized carbons (Fsp3) is 0.750. The molecule has 1 aromatic rings. The van der Waals surface area contributed by atoms with E-state index in [1.165, 1.54) is 11.3 Å². The summed E-state index contributed by atoms with van der Waals surface area (Å²) in [6.07, 6.45) is 4.03. The molecular formula is C12H22N4S. The van der Waals surface area contributed by atoms with E-state index in [9.17, 15) is 0 Å². The van der Waals surface area contributed by atoms with Crippen LogP contribution in [-0.4, -0.2) is 44.8 Å². The third-order valence-corrected chi connectivity index (χ3v) is 4.37. The first-order chi connectivity index (χ1) is 8.08. The Morgan fingerprint density at radius 1 is 1.59 bits per heavy atom. The molecule has 3 unspecified atom stereocenters. The van der Waals surface area contributed by atoms with E-state index in [4.69, 9.17) is 5.73 Å². The Labute approximate surface area is 108 Å². The summed E-state index contributed by atoms with van der Waals surface area (Å²) < 4.78 is 1.85. The number of thioether (sulfide) groups is 1. The summed E-state index contributed by atoms with van der Waals surface area (Å²) in [4.78, 5) is 2.50. The predicted molar refractivity (Wildman–Crippen MR) is 73.1 cm³/mol. The zero-order chi connectivity index (χ0) is 12.4. The Hall–Kier alpha value is -0.520. The summed E-state index contributed by atoms with van der Waals surface area (Å²) in [5.41, 5.74) is 7.41. The predicted octanol–water partition coefficient (Wildman–Crippen LogP) is 1.25. The minimum Gasteiger partial charge on any atom is -0.326 e. The van der Waals surface area contributed by atoms with E-state index in [1.54, 1.807) is 0 Å². The molecule has 2 heterocycles. The van der Waals surface area contributed by atoms with Crippen LogP contribution in [0.25, 0.3) is 0 Å². The lowest BCUT2D eigenvalue weighted by atomic mass is 10.0. The van der Waals surface area contributed by atoms with Gasteiger partial charge in [-0.2, -0.15) is 16.9 Å². The Bertz CT molecular complexity index is 363. The maximum atomic E-state index is 6.17. The molecule has 2 N–H and O–H groups in total. The summed E-state index contributed by atoms with van der Waals surface area (Å²) in [6, 6.07) is 0.432. The summed E-state index contributed by atoms with van der Waals surface area (Å²) in [7, 11) is 1.95. The Morgan fingerprint density at radius 2 is 2.35 bits per heavy atom. The Morgan fingerprint density at radius 3 is 2.88 bits per heavy atom. The zero-order valence-corrected chi connectivity index (χ0v) is 11.7. The van der Waals surface area contributed by atoms with Crippen LogP contribution >= 0.6 is 11.8 Å². The number of aromatic nitrogens is 2. The minimum absolute atomic E-state index is 0.134. The van der Waals surface area contributed by atoms with E-state index in [1.807, 2.05) is 29.7 Å². The Kier molecular flexibility index (Phi) is 4.12. The highest BCUT2D eigenvalue weighted by Gasteiger charge is 2.28. The van der Waals surface area contributed by atoms with Gasteiger partial charge in [0.15, 0.2) is 0 Å². The van der Waals surface area contributed by atoms with Gasteiger partial charge in [0.2, 0.25) is 0 Å². The monoisotopic (exact) mass is 254 g/mol. The number of hydrogen-bond donors (Lipinski definition) is 1. The number of nitrogens with two attached hydrogens (primary N) is 1. The van der Waals surface area contributed by atoms with Crippen LogP contribution in [0.1, 0.15) is 25.5 Å². The van der Waals surface area contributed by atoms with Gasteiger partial charge >= 0.3 is 0 Å². The maximum Gasteiger partial charge on any atom is 0.0538 e. The van der Waals surface area contributed by atoms with Crippen molar-refractivity contribution in [3.63, 3.8) is 0 Å². The summed E-state index contributed by atoms with van der Waals surface area (Å²) >= 11 is 2.05. The fourth-order valence-electron chi connectivity index (χ4n) is 2.54. The lowest BCUT2D eigenvalue weighted by Crippen LogP contribution is -2.45. The first kappa shape index (κ1) is 12.9. The van der Waals surface area contributed by atoms with Crippen molar-refractivity contribution in [2.45, 2.75) is 31.2 Å². The van der Waals surface area contributed by atoms with Crippen molar-refractivity contribution in [1.29, 1.82) is 0 Å². The first-order valence-corrected chi connectivity index (χ1v) is 7.22. The molecule has 3 atom stereocenters. The highest BCUT2D eigenvalue weighted by Crippen LogP contribution is 2.28. The van der Waals surface area contributed by atoms with Crippen LogP contribution in [0.4, 0.5) is 0 Å². The van der Waals surface area contributed by atoms with Crippen LogP contribution in [0.5, 0.6) is 0 Å². The Balaban J connectivity index is 2.17. The minimum atomic E-state index is 0.134. The van der Waals surface area contributed by atoms with Crippen LogP contribution in [0.3, 0.4) is 0 Å². The van der Waals surface area contributed by atoms with Gasteiger partial charge in [0.05, 0.1) is 12.2 Å². The van der Waals surface area contributed by atoms with Gasteiger partial charge in [0, 0.05) is 48.9 Å². The standard InChI is InChI=1S/C12H22N4S/c1-9-7-16(4-5-17-9)12(10(2)13)11-6-14-15(3)8-11/h6,8-10,12H,4-5,7,13H2,1-3H3. The van der Waals surface area contributed by atoms with Gasteiger partial charge in [-0.1, -0.05) is 6.92 Å². The van der Waals surface area contributed by atoms with Gasteiger partial charge in [-0.25, -0.2) is 0 Å². The van der Waals surface area contributed by atoms with Crippen LogP contribution in [0.15, 0.2) is 12.4 Å². The lowest BCUT2D eigenvalue weighted by Gasteiger charge is -2.38. The van der Waals surface area contributed by atoms with Crippen molar-refractivity contribution in [1.82, 2.24) is 14.7 Å². The lowest BCUT2D eigenvalue weighted by molar-refractivity contribution is 0.184. The molecule has 1 aliphatic rings. The molecule has 5 heteroatoms. The normalized spacial score (nSPS) is 25.8. The third-order valence-electron chi connectivity index (χ3n) is 3.23. The molecule has 1 saturated heterocycles. The molecule has 0 amide bonds. The molecule has 1 fully saturated rings. The average molecular weight is 254 g/mol. The van der Waals surface area contributed by atoms with E-state index in [2.05, 4.69) is 30.0 Å². The highest BCUT2D eigenvalue weighted by atomic mass is 32.2. The first-order valence-electron chi connectivity index (χ1n) is 6.17. The van der Waals surface area contributed by atoms with Crippen LogP contribution in [-0.2, 0) is 7.05 Å². The summed E-state index contributed by atoms with van der Waals surface area (Å²) in [5.74, 6) is 1.20. The molecule has 0 aliphatic carbocycles. The van der Waals surface area contributed by atoms with E-state index in [0.717, 1.165) is 13.1 Å². The average Bonchev–Trinajstić information content (AvgIpc) is 2.64. The number of aryl methyl sites for hydroxylation is 1. The fourth-order valence-corrected chi connectivity index (χ4v) is 3.58. The van der Waals surface area contributed by atoms with E-state index < -0.39 is 0 Å². The molecule has 17 heavy (non-hydrogen) atoms. The SMILES string of the molecule is CC1CN(C(c2cnn(C)c2)C(C)N)CCS1. The van der Waals surface area contributed by atoms with Gasteiger partial charge < -0.3 is 5.73 Å². The van der Waals surface area contributed by atoms with Gasteiger partial charge in [-0.15, -0.1) is 0 Å². The third kappa shape index (κ3) is 3.03. The van der Waals surface area contributed by atoms with Crippen molar-refractivity contribution in [2.24, 2.45) is 12.8 Å². The number of rotatable bonds is 3. The van der Waals surface area contributed by atoms with Gasteiger partial charge in [-0.05, 0) is 6.92 Å². The van der Waals surface area contributed by atoms with Gasteiger partial charge in [0.25, 0.3) is 0 Å². The van der Waals surface area contributed by atoms with Crippen molar-refractivity contribution in [3.8, 4) is 0 Å². The van der Waals surface area contributed by atoms with Crippen molar-refractivity contribution < 1.29 is 0 Å². The second-order valence-electron chi connectivity index (χ2n) is 4.93. The molecule has 0 radical (unpaired) electrons. The molecule has 4 nitrogen and oxygen atoms in total. The second kappa shape index (κ2) is 5.42. The van der Waals surface area contributed by atoms with Gasteiger partial charge in [0.1, 0.15) is 0 Å². The second-order valence-corrected chi connectivity index (χ2v) is 6.47. The molecule has 0 aromatic carbocycles. The molecule has 1 aromatic heterocycles. The maximum absolute atomic E-state index is 6.17. The summed E-state index contributed by atoms with van der Waals surface area (Å²) in [6.45, 7) is 6.62. The van der Waals surface area contributed by atoms with Crippen LogP contribution < -0.4 is 5.73 Å². The molecule has 96 valence electrons. The smallest absolute Gasteiger partial charge is 0.0538 e. The molecule has 0 bridgehead atoms. The zero-order valence-electron chi connectivity index (χ0n) is 10.8. The van der Waals surface area contributed by atoms with E-state index in [-0.39, 0.29) is 6.04 Å². The van der Waals surface area contributed by atoms with Crippen molar-refractivity contribution >= 4 is 11.8 Å². The number of nitrogens with zero attached hydrogens (tertiary/aromatic N) is 3. The summed E-state index contributed by atoms with van der Waals surface area (Å²) in [5, 5.41) is 4.96. The molecule has 0 saturated carbocycles. The van der Waals surface area contributed by atoms with E-state index >= 15 is 0 Å². The van der Waals surface area contributed by atoms with Crippen LogP contribution in [0, 0.1) is 0 Å². The highest BCUT2D eigenvalue weighted by molar-refractivity contribution is 7.99. The molecule has 0 spiro atoms. The van der Waals surface area contributed by atoms with E-state index in [0.29, 0.717) is 11.3 Å².